The van der Waals surface area contributed by atoms with Crippen molar-refractivity contribution < 1.29 is 20.1 Å². The number of aryl methyl sites for hydroxylation is 2. The number of nitrogens with one attached hydrogen (secondary N) is 2. The van der Waals surface area contributed by atoms with E-state index in [2.05, 4.69) is 9.97 Å². The first kappa shape index (κ1) is 19.1. The maximum atomic E-state index is 12.7. The number of benzene rings is 1. The van der Waals surface area contributed by atoms with Gasteiger partial charge in [0.05, 0.1) is 24.2 Å². The van der Waals surface area contributed by atoms with E-state index in [9.17, 15) is 24.9 Å². The van der Waals surface area contributed by atoms with Crippen LogP contribution in [-0.2, 0) is 0 Å². The molecule has 0 unspecified atom stereocenters. The first-order valence-electron chi connectivity index (χ1n) is 8.46. The van der Waals surface area contributed by atoms with Gasteiger partial charge in [0.25, 0.3) is 11.1 Å². The highest BCUT2D eigenvalue weighted by molar-refractivity contribution is 5.58. The Kier molecular flexibility index (Phi) is 4.87. The van der Waals surface area contributed by atoms with Crippen molar-refractivity contribution in [3.63, 3.8) is 0 Å². The summed E-state index contributed by atoms with van der Waals surface area (Å²) in [6.45, 7) is 3.19. The molecule has 0 atom stereocenters. The molecule has 1 aromatic carbocycles. The normalized spacial score (nSPS) is 11.0. The third-order valence-electron chi connectivity index (χ3n) is 4.51. The molecule has 2 aromatic heterocycles. The number of aromatic amines is 2. The van der Waals surface area contributed by atoms with E-state index in [1.54, 1.807) is 19.9 Å². The molecule has 2 heterocycles. The molecule has 8 heteroatoms. The summed E-state index contributed by atoms with van der Waals surface area (Å²) in [7, 11) is 1.36. The van der Waals surface area contributed by atoms with Crippen LogP contribution < -0.4 is 15.9 Å². The van der Waals surface area contributed by atoms with Gasteiger partial charge >= 0.3 is 0 Å². The van der Waals surface area contributed by atoms with Gasteiger partial charge in [-0.15, -0.1) is 0 Å². The SMILES string of the molecule is COc1cccc(C(c2c(O)cc(C)[nH]c2=O)c2c(O)cc(C)[nH]c2=O)c1O. The van der Waals surface area contributed by atoms with Crippen LogP contribution in [-0.4, -0.2) is 32.4 Å². The van der Waals surface area contributed by atoms with Crippen LogP contribution in [0.2, 0.25) is 0 Å². The van der Waals surface area contributed by atoms with Gasteiger partial charge in [-0.3, -0.25) is 9.59 Å². The quantitative estimate of drug-likeness (QED) is 0.467. The van der Waals surface area contributed by atoms with Crippen molar-refractivity contribution in [2.24, 2.45) is 0 Å². The van der Waals surface area contributed by atoms with Crippen LogP contribution in [0.25, 0.3) is 0 Å². The summed E-state index contributed by atoms with van der Waals surface area (Å²) in [4.78, 5) is 30.5. The lowest BCUT2D eigenvalue weighted by atomic mass is 9.84. The Morgan fingerprint density at radius 3 is 1.82 bits per heavy atom. The van der Waals surface area contributed by atoms with Crippen LogP contribution >= 0.6 is 0 Å². The molecule has 0 saturated heterocycles. The van der Waals surface area contributed by atoms with Crippen LogP contribution in [0.1, 0.15) is 34.0 Å². The van der Waals surface area contributed by atoms with Gasteiger partial charge in [0.1, 0.15) is 11.5 Å². The van der Waals surface area contributed by atoms with Gasteiger partial charge in [-0.05, 0) is 32.0 Å². The van der Waals surface area contributed by atoms with Gasteiger partial charge in [-0.1, -0.05) is 12.1 Å². The molecule has 0 amide bonds. The van der Waals surface area contributed by atoms with Crippen LogP contribution in [0.15, 0.2) is 39.9 Å². The van der Waals surface area contributed by atoms with Crippen molar-refractivity contribution in [1.82, 2.24) is 9.97 Å². The number of phenolic OH excluding ortho intramolecular Hbond substituents is 1. The standard InChI is InChI=1S/C20H20N2O6/c1-9-7-12(23)16(19(26)21-9)15(11-5-4-6-14(28-3)18(11)25)17-13(24)8-10(2)22-20(17)27/h4-8,15,25H,1-3H3,(H2,21,23,26)(H2,22,24,27). The summed E-state index contributed by atoms with van der Waals surface area (Å²) in [5.41, 5.74) is -0.705. The minimum Gasteiger partial charge on any atom is -0.507 e. The lowest BCUT2D eigenvalue weighted by molar-refractivity contribution is 0.369. The summed E-state index contributed by atoms with van der Waals surface area (Å²) in [6.07, 6.45) is 0. The van der Waals surface area contributed by atoms with Crippen LogP contribution in [0, 0.1) is 13.8 Å². The van der Waals surface area contributed by atoms with E-state index >= 15 is 0 Å². The summed E-state index contributed by atoms with van der Waals surface area (Å²) >= 11 is 0. The number of para-hydroxylation sites is 1. The largest absolute Gasteiger partial charge is 0.507 e. The molecule has 146 valence electrons. The smallest absolute Gasteiger partial charge is 0.256 e. The minimum atomic E-state index is -1.25. The Morgan fingerprint density at radius 1 is 0.893 bits per heavy atom. The van der Waals surface area contributed by atoms with Crippen LogP contribution in [0.5, 0.6) is 23.0 Å². The number of hydrogen-bond donors (Lipinski definition) is 5. The zero-order valence-electron chi connectivity index (χ0n) is 15.5. The van der Waals surface area contributed by atoms with E-state index < -0.39 is 17.0 Å². The second-order valence-corrected chi connectivity index (χ2v) is 6.49. The fourth-order valence-electron chi connectivity index (χ4n) is 3.31. The molecule has 3 rings (SSSR count). The van der Waals surface area contributed by atoms with E-state index in [-0.39, 0.29) is 39.7 Å². The van der Waals surface area contributed by atoms with Gasteiger partial charge in [0.15, 0.2) is 11.5 Å². The van der Waals surface area contributed by atoms with E-state index in [1.807, 2.05) is 0 Å². The number of H-pyrrole nitrogens is 2. The second kappa shape index (κ2) is 7.15. The van der Waals surface area contributed by atoms with E-state index in [1.165, 1.54) is 31.4 Å². The summed E-state index contributed by atoms with van der Waals surface area (Å²) in [5, 5.41) is 31.6. The highest BCUT2D eigenvalue weighted by atomic mass is 16.5. The van der Waals surface area contributed by atoms with Crippen molar-refractivity contribution >= 4 is 0 Å². The molecule has 3 aromatic rings. The van der Waals surface area contributed by atoms with Gasteiger partial charge in [-0.25, -0.2) is 0 Å². The first-order valence-corrected chi connectivity index (χ1v) is 8.46. The van der Waals surface area contributed by atoms with Crippen molar-refractivity contribution in [3.8, 4) is 23.0 Å². The zero-order valence-corrected chi connectivity index (χ0v) is 15.5. The Labute approximate surface area is 159 Å². The average molecular weight is 384 g/mol. The maximum Gasteiger partial charge on any atom is 0.256 e. The van der Waals surface area contributed by atoms with Crippen LogP contribution in [0.3, 0.4) is 0 Å². The molecular formula is C20H20N2O6. The minimum absolute atomic E-state index is 0.119. The molecule has 0 fully saturated rings. The van der Waals surface area contributed by atoms with Gasteiger partial charge < -0.3 is 30.0 Å². The van der Waals surface area contributed by atoms with E-state index in [0.717, 1.165) is 0 Å². The molecule has 0 saturated carbocycles. The second-order valence-electron chi connectivity index (χ2n) is 6.49. The van der Waals surface area contributed by atoms with Gasteiger partial charge in [0.2, 0.25) is 0 Å². The summed E-state index contributed by atoms with van der Waals surface area (Å²) in [5.74, 6) is -2.17. The topological polar surface area (TPSA) is 136 Å². The number of methoxy groups -OCH3 is 1. The van der Waals surface area contributed by atoms with Crippen LogP contribution in [0.4, 0.5) is 0 Å². The molecular weight excluding hydrogens is 364 g/mol. The average Bonchev–Trinajstić information content (AvgIpc) is 2.59. The Balaban J connectivity index is 2.45. The Hall–Kier alpha value is -3.68. The van der Waals surface area contributed by atoms with Crippen molar-refractivity contribution in [2.45, 2.75) is 19.8 Å². The van der Waals surface area contributed by atoms with Gasteiger partial charge in [0, 0.05) is 17.0 Å². The highest BCUT2D eigenvalue weighted by Gasteiger charge is 2.31. The van der Waals surface area contributed by atoms with E-state index in [4.69, 9.17) is 4.74 Å². The summed E-state index contributed by atoms with van der Waals surface area (Å²) in [6, 6.07) is 7.23. The molecule has 28 heavy (non-hydrogen) atoms. The third kappa shape index (κ3) is 3.20. The lowest BCUT2D eigenvalue weighted by Crippen LogP contribution is -2.25. The van der Waals surface area contributed by atoms with E-state index in [0.29, 0.717) is 11.4 Å². The number of ether oxygens (including phenoxy) is 1. The predicted octanol–water partition coefficient (Wildman–Crippen LogP) is 1.99. The van der Waals surface area contributed by atoms with Crippen molar-refractivity contribution in [2.75, 3.05) is 7.11 Å². The molecule has 0 aliphatic carbocycles. The first-order chi connectivity index (χ1) is 13.2. The molecule has 8 nitrogen and oxygen atoms in total. The summed E-state index contributed by atoms with van der Waals surface area (Å²) < 4.78 is 5.12. The highest BCUT2D eigenvalue weighted by Crippen LogP contribution is 2.43. The number of aromatic nitrogens is 2. The number of rotatable bonds is 4. The molecule has 5 N–H and O–H groups in total. The molecule has 0 aliphatic rings. The lowest BCUT2D eigenvalue weighted by Gasteiger charge is -2.21. The Bertz CT molecular complexity index is 1100. The molecule has 0 radical (unpaired) electrons. The number of phenols is 1. The molecule has 0 aliphatic heterocycles. The number of hydrogen-bond acceptors (Lipinski definition) is 6. The number of pyridine rings is 2. The Morgan fingerprint density at radius 2 is 1.39 bits per heavy atom. The molecule has 0 spiro atoms. The van der Waals surface area contributed by atoms with Crippen molar-refractivity contribution in [1.29, 1.82) is 0 Å². The zero-order chi connectivity index (χ0) is 20.6. The number of aromatic hydroxyl groups is 3. The maximum absolute atomic E-state index is 12.7. The van der Waals surface area contributed by atoms with Crippen molar-refractivity contribution in [3.05, 3.63) is 79.1 Å². The monoisotopic (exact) mass is 384 g/mol. The van der Waals surface area contributed by atoms with Gasteiger partial charge in [-0.2, -0.15) is 0 Å². The molecule has 0 bridgehead atoms. The fraction of sp³-hybridized carbons (Fsp3) is 0.200. The predicted molar refractivity (Wildman–Crippen MR) is 103 cm³/mol. The fourth-order valence-corrected chi connectivity index (χ4v) is 3.31. The third-order valence-corrected chi connectivity index (χ3v) is 4.51.